The largest absolute Gasteiger partial charge is 0.442 e. The zero-order valence-electron chi connectivity index (χ0n) is 7.42. The monoisotopic (exact) mass is 158 g/mol. The molecule has 0 heterocycles. The number of amides is 1. The van der Waals surface area contributed by atoms with Crippen molar-refractivity contribution in [3.8, 4) is 0 Å². The fraction of sp³-hybridized carbons (Fsp3) is 0.714. The molecule has 0 aromatic rings. The SMILES string of the molecule is C=NN(C)C(=O)OC(C)(C)C. The minimum absolute atomic E-state index is 0.476. The Labute approximate surface area is 66.8 Å². The van der Waals surface area contributed by atoms with Crippen LogP contribution in [0.4, 0.5) is 4.79 Å². The van der Waals surface area contributed by atoms with E-state index < -0.39 is 11.7 Å². The molecule has 0 aliphatic carbocycles. The van der Waals surface area contributed by atoms with E-state index in [0.717, 1.165) is 5.01 Å². The summed E-state index contributed by atoms with van der Waals surface area (Å²) >= 11 is 0. The molecule has 0 aliphatic rings. The van der Waals surface area contributed by atoms with Crippen molar-refractivity contribution >= 4 is 12.8 Å². The Balaban J connectivity index is 3.98. The number of hydrogen-bond acceptors (Lipinski definition) is 3. The second-order valence-corrected chi connectivity index (χ2v) is 3.15. The maximum absolute atomic E-state index is 11.0. The molecule has 1 amide bonds. The third kappa shape index (κ3) is 4.36. The van der Waals surface area contributed by atoms with Crippen molar-refractivity contribution in [3.05, 3.63) is 0 Å². The molecule has 64 valence electrons. The average Bonchev–Trinajstić information content (AvgIpc) is 1.82. The van der Waals surface area contributed by atoms with Gasteiger partial charge in [-0.1, -0.05) is 0 Å². The van der Waals surface area contributed by atoms with Gasteiger partial charge < -0.3 is 4.74 Å². The Bertz CT molecular complexity index is 160. The van der Waals surface area contributed by atoms with Crippen LogP contribution in [-0.2, 0) is 4.74 Å². The van der Waals surface area contributed by atoms with E-state index in [9.17, 15) is 4.79 Å². The number of ether oxygens (including phenoxy) is 1. The molecule has 0 aromatic carbocycles. The van der Waals surface area contributed by atoms with Crippen molar-refractivity contribution in [3.63, 3.8) is 0 Å². The highest BCUT2D eigenvalue weighted by molar-refractivity contribution is 5.67. The van der Waals surface area contributed by atoms with Crippen molar-refractivity contribution in [2.24, 2.45) is 5.10 Å². The van der Waals surface area contributed by atoms with Gasteiger partial charge in [-0.3, -0.25) is 0 Å². The zero-order valence-corrected chi connectivity index (χ0v) is 7.42. The van der Waals surface area contributed by atoms with Crippen LogP contribution in [0.15, 0.2) is 5.10 Å². The van der Waals surface area contributed by atoms with Crippen molar-refractivity contribution in [2.75, 3.05) is 7.05 Å². The van der Waals surface area contributed by atoms with E-state index in [-0.39, 0.29) is 0 Å². The maximum atomic E-state index is 11.0. The summed E-state index contributed by atoms with van der Waals surface area (Å²) < 4.78 is 4.94. The summed E-state index contributed by atoms with van der Waals surface area (Å²) in [4.78, 5) is 11.0. The quantitative estimate of drug-likeness (QED) is 0.428. The molecule has 0 atom stereocenters. The van der Waals surface area contributed by atoms with E-state index in [1.165, 1.54) is 7.05 Å². The zero-order chi connectivity index (χ0) is 9.07. The van der Waals surface area contributed by atoms with E-state index in [0.29, 0.717) is 0 Å². The van der Waals surface area contributed by atoms with Gasteiger partial charge in [-0.15, -0.1) is 0 Å². The van der Waals surface area contributed by atoms with Crippen molar-refractivity contribution < 1.29 is 9.53 Å². The third-order valence-electron chi connectivity index (χ3n) is 0.870. The smallest absolute Gasteiger partial charge is 0.430 e. The lowest BCUT2D eigenvalue weighted by atomic mass is 10.2. The lowest BCUT2D eigenvalue weighted by Crippen LogP contribution is -2.31. The molecule has 0 saturated heterocycles. The highest BCUT2D eigenvalue weighted by atomic mass is 16.6. The summed E-state index contributed by atoms with van der Waals surface area (Å²) in [6.45, 7) is 8.57. The van der Waals surface area contributed by atoms with Crippen LogP contribution >= 0.6 is 0 Å². The van der Waals surface area contributed by atoms with Crippen LogP contribution in [0.1, 0.15) is 20.8 Å². The van der Waals surface area contributed by atoms with E-state index in [1.807, 2.05) is 0 Å². The molecule has 11 heavy (non-hydrogen) atoms. The van der Waals surface area contributed by atoms with Crippen molar-refractivity contribution in [2.45, 2.75) is 26.4 Å². The van der Waals surface area contributed by atoms with Crippen molar-refractivity contribution in [1.82, 2.24) is 5.01 Å². The Kier molecular flexibility index (Phi) is 3.04. The molecular weight excluding hydrogens is 144 g/mol. The standard InChI is InChI=1S/C7H14N2O2/c1-7(2,3)11-6(10)9(5)8-4/h4H2,1-3,5H3. The minimum Gasteiger partial charge on any atom is -0.442 e. The summed E-state index contributed by atoms with van der Waals surface area (Å²) in [6.07, 6.45) is -0.493. The molecule has 4 nitrogen and oxygen atoms in total. The van der Waals surface area contributed by atoms with Gasteiger partial charge in [0.2, 0.25) is 0 Å². The first-order valence-corrected chi connectivity index (χ1v) is 3.30. The van der Waals surface area contributed by atoms with E-state index in [1.54, 1.807) is 20.8 Å². The lowest BCUT2D eigenvalue weighted by Gasteiger charge is -2.21. The van der Waals surface area contributed by atoms with Gasteiger partial charge >= 0.3 is 6.09 Å². The van der Waals surface area contributed by atoms with Crippen LogP contribution in [0.25, 0.3) is 0 Å². The van der Waals surface area contributed by atoms with Gasteiger partial charge in [-0.2, -0.15) is 5.10 Å². The summed E-state index contributed by atoms with van der Waals surface area (Å²) in [5, 5.41) is 4.43. The molecule has 0 aromatic heterocycles. The first-order valence-electron chi connectivity index (χ1n) is 3.30. The van der Waals surface area contributed by atoms with Crippen LogP contribution in [0.5, 0.6) is 0 Å². The fourth-order valence-corrected chi connectivity index (χ4v) is 0.386. The number of hydrazone groups is 1. The molecule has 0 radical (unpaired) electrons. The molecule has 0 bridgehead atoms. The summed E-state index contributed by atoms with van der Waals surface area (Å²) in [6, 6.07) is 0. The second kappa shape index (κ2) is 3.37. The topological polar surface area (TPSA) is 41.9 Å². The van der Waals surface area contributed by atoms with Crippen LogP contribution in [0.2, 0.25) is 0 Å². The first-order chi connectivity index (χ1) is 4.87. The number of rotatable bonds is 1. The van der Waals surface area contributed by atoms with Crippen LogP contribution in [-0.4, -0.2) is 30.5 Å². The van der Waals surface area contributed by atoms with Gasteiger partial charge in [0.25, 0.3) is 0 Å². The van der Waals surface area contributed by atoms with Gasteiger partial charge in [0.1, 0.15) is 5.60 Å². The molecule has 0 N–H and O–H groups in total. The maximum Gasteiger partial charge on any atom is 0.430 e. The molecule has 0 aliphatic heterocycles. The predicted octanol–water partition coefficient (Wildman–Crippen LogP) is 1.47. The first kappa shape index (κ1) is 9.94. The average molecular weight is 158 g/mol. The molecule has 0 fully saturated rings. The van der Waals surface area contributed by atoms with Crippen molar-refractivity contribution in [1.29, 1.82) is 0 Å². The van der Waals surface area contributed by atoms with Crippen LogP contribution in [0, 0.1) is 0 Å². The highest BCUT2D eigenvalue weighted by Gasteiger charge is 2.18. The van der Waals surface area contributed by atoms with Crippen LogP contribution in [0.3, 0.4) is 0 Å². The lowest BCUT2D eigenvalue weighted by molar-refractivity contribution is 0.0305. The van der Waals surface area contributed by atoms with Gasteiger partial charge in [0.05, 0.1) is 0 Å². The molecule has 0 spiro atoms. The molecule has 0 rings (SSSR count). The van der Waals surface area contributed by atoms with E-state index in [4.69, 9.17) is 4.74 Å². The Morgan fingerprint density at radius 2 is 2.00 bits per heavy atom. The normalized spacial score (nSPS) is 10.5. The van der Waals surface area contributed by atoms with Gasteiger partial charge in [0.15, 0.2) is 0 Å². The van der Waals surface area contributed by atoms with Gasteiger partial charge in [-0.25, -0.2) is 9.80 Å². The number of nitrogens with zero attached hydrogens (tertiary/aromatic N) is 2. The number of carbonyl (C=O) groups is 1. The Morgan fingerprint density at radius 3 is 2.27 bits per heavy atom. The van der Waals surface area contributed by atoms with E-state index in [2.05, 4.69) is 11.8 Å². The molecule has 0 saturated carbocycles. The second-order valence-electron chi connectivity index (χ2n) is 3.15. The predicted molar refractivity (Wildman–Crippen MR) is 43.5 cm³/mol. The Morgan fingerprint density at radius 1 is 1.55 bits per heavy atom. The summed E-state index contributed by atoms with van der Waals surface area (Å²) in [5.41, 5.74) is -0.476. The molecule has 0 unspecified atom stereocenters. The Hall–Kier alpha value is -1.06. The minimum atomic E-state index is -0.493. The number of hydrogen-bond donors (Lipinski definition) is 0. The molecule has 4 heteroatoms. The van der Waals surface area contributed by atoms with E-state index >= 15 is 0 Å². The highest BCUT2D eigenvalue weighted by Crippen LogP contribution is 2.08. The fourth-order valence-electron chi connectivity index (χ4n) is 0.386. The van der Waals surface area contributed by atoms with Gasteiger partial charge in [0, 0.05) is 13.8 Å². The summed E-state index contributed by atoms with van der Waals surface area (Å²) in [7, 11) is 1.49. The summed E-state index contributed by atoms with van der Waals surface area (Å²) in [5.74, 6) is 0. The third-order valence-corrected chi connectivity index (χ3v) is 0.870. The van der Waals surface area contributed by atoms with Crippen LogP contribution < -0.4 is 0 Å². The number of carbonyl (C=O) groups excluding carboxylic acids is 1. The van der Waals surface area contributed by atoms with Gasteiger partial charge in [-0.05, 0) is 20.8 Å². The molecular formula is C7H14N2O2.